The van der Waals surface area contributed by atoms with E-state index in [1.54, 1.807) is 18.3 Å². The Labute approximate surface area is 201 Å². The average molecular weight is 502 g/mol. The van der Waals surface area contributed by atoms with Gasteiger partial charge in [0.25, 0.3) is 0 Å². The summed E-state index contributed by atoms with van der Waals surface area (Å²) >= 11 is 0. The lowest BCUT2D eigenvalue weighted by Gasteiger charge is -2.32. The number of nitrogen functional groups attached to an aromatic ring is 1. The van der Waals surface area contributed by atoms with Gasteiger partial charge in [-0.25, -0.2) is 27.6 Å². The maximum Gasteiger partial charge on any atom is 0.413 e. The topological polar surface area (TPSA) is 146 Å². The molecule has 3 heterocycles. The third-order valence-electron chi connectivity index (χ3n) is 6.40. The molecule has 1 aliphatic carbocycles. The fraction of sp³-hybridized carbons (Fsp3) is 0.348. The summed E-state index contributed by atoms with van der Waals surface area (Å²) in [6.07, 6.45) is 3.42. The molecule has 184 valence electrons. The standard InChI is InChI=1S/C23H24FN5O5S/c1-11-16(9-28-22-21(11)26-3-4-33-22)15-5-12-6-18(27-10-17(12)20(25)19(15)24)29-23(30)34-13-7-14(8-13)35(2,31)32/h5-6,9-10,13-14,26H,3-4,7-8,25H2,1-2H3,(H,27,29,30)/t13-,14+. The number of hydrogen-bond donors (Lipinski definition) is 3. The van der Waals surface area contributed by atoms with Crippen LogP contribution in [0.2, 0.25) is 0 Å². The minimum absolute atomic E-state index is 0.0678. The molecule has 2 aliphatic rings. The zero-order valence-electron chi connectivity index (χ0n) is 19.1. The molecule has 10 nitrogen and oxygen atoms in total. The van der Waals surface area contributed by atoms with Gasteiger partial charge in [-0.3, -0.25) is 5.32 Å². The first-order valence-corrected chi connectivity index (χ1v) is 13.0. The number of ether oxygens (including phenoxy) is 2. The number of anilines is 3. The lowest BCUT2D eigenvalue weighted by atomic mass is 9.95. The van der Waals surface area contributed by atoms with Crippen molar-refractivity contribution in [1.29, 1.82) is 0 Å². The Hall–Kier alpha value is -3.67. The molecule has 1 saturated carbocycles. The fourth-order valence-corrected chi connectivity index (χ4v) is 5.43. The largest absolute Gasteiger partial charge is 0.474 e. The smallest absolute Gasteiger partial charge is 0.413 e. The molecule has 4 N–H and O–H groups in total. The molecular weight excluding hydrogens is 477 g/mol. The molecule has 0 atom stereocenters. The molecule has 12 heteroatoms. The van der Waals surface area contributed by atoms with Crippen LogP contribution in [-0.2, 0) is 14.6 Å². The van der Waals surface area contributed by atoms with Crippen molar-refractivity contribution in [3.63, 3.8) is 0 Å². The van der Waals surface area contributed by atoms with Crippen molar-refractivity contribution in [2.24, 2.45) is 0 Å². The minimum atomic E-state index is -3.14. The quantitative estimate of drug-likeness (QED) is 0.459. The second-order valence-electron chi connectivity index (χ2n) is 8.77. The molecule has 1 aliphatic heterocycles. The number of rotatable bonds is 4. The molecule has 0 spiro atoms. The van der Waals surface area contributed by atoms with E-state index in [9.17, 15) is 13.2 Å². The number of fused-ring (bicyclic) bond motifs is 2. The van der Waals surface area contributed by atoms with Gasteiger partial charge in [-0.1, -0.05) is 0 Å². The number of pyridine rings is 2. The van der Waals surface area contributed by atoms with Crippen molar-refractivity contribution in [3.05, 3.63) is 35.9 Å². The number of aromatic nitrogens is 2. The number of nitrogens with zero attached hydrogens (tertiary/aromatic N) is 2. The Balaban J connectivity index is 1.41. The number of benzene rings is 1. The summed E-state index contributed by atoms with van der Waals surface area (Å²) in [5, 5.41) is 6.24. The van der Waals surface area contributed by atoms with E-state index in [1.165, 1.54) is 12.5 Å². The van der Waals surface area contributed by atoms with E-state index in [1.807, 2.05) is 6.92 Å². The molecule has 0 bridgehead atoms. The molecule has 5 rings (SSSR count). The van der Waals surface area contributed by atoms with Crippen LogP contribution in [0.3, 0.4) is 0 Å². The SMILES string of the molecule is Cc1c(-c2cc3cc(NC(=O)O[C@H]4C[C@@H](S(C)(=O)=O)C4)ncc3c(N)c2F)cnc2c1NCCO2. The third-order valence-corrected chi connectivity index (χ3v) is 7.99. The molecule has 2 aromatic heterocycles. The van der Waals surface area contributed by atoms with Crippen LogP contribution in [0.5, 0.6) is 5.88 Å². The molecule has 0 saturated heterocycles. The Morgan fingerprint density at radius 3 is 2.77 bits per heavy atom. The van der Waals surface area contributed by atoms with Crippen LogP contribution in [0.25, 0.3) is 21.9 Å². The summed E-state index contributed by atoms with van der Waals surface area (Å²) in [4.78, 5) is 20.7. The zero-order chi connectivity index (χ0) is 24.9. The first-order valence-electron chi connectivity index (χ1n) is 11.0. The van der Waals surface area contributed by atoms with Gasteiger partial charge in [0.05, 0.1) is 10.9 Å². The molecule has 0 radical (unpaired) electrons. The van der Waals surface area contributed by atoms with Crippen LogP contribution in [-0.4, -0.2) is 55.2 Å². The number of amides is 1. The van der Waals surface area contributed by atoms with Crippen molar-refractivity contribution < 1.29 is 27.1 Å². The lowest BCUT2D eigenvalue weighted by molar-refractivity contribution is 0.0644. The second kappa shape index (κ2) is 8.52. The number of hydrogen-bond acceptors (Lipinski definition) is 9. The van der Waals surface area contributed by atoms with E-state index in [4.69, 9.17) is 15.2 Å². The number of carbonyl (C=O) groups is 1. The number of carbonyl (C=O) groups excluding carboxylic acids is 1. The number of sulfone groups is 1. The zero-order valence-corrected chi connectivity index (χ0v) is 19.9. The van der Waals surface area contributed by atoms with Gasteiger partial charge < -0.3 is 20.5 Å². The van der Waals surface area contributed by atoms with Gasteiger partial charge in [-0.05, 0) is 30.0 Å². The number of nitrogens with two attached hydrogens (primary N) is 1. The highest BCUT2D eigenvalue weighted by Crippen LogP contribution is 2.39. The molecule has 3 aromatic rings. The van der Waals surface area contributed by atoms with Crippen LogP contribution in [0.1, 0.15) is 18.4 Å². The minimum Gasteiger partial charge on any atom is -0.474 e. The summed E-state index contributed by atoms with van der Waals surface area (Å²) in [6, 6.07) is 3.19. The van der Waals surface area contributed by atoms with Crippen molar-refractivity contribution >= 4 is 43.9 Å². The Bertz CT molecular complexity index is 1460. The van der Waals surface area contributed by atoms with E-state index >= 15 is 4.39 Å². The van der Waals surface area contributed by atoms with E-state index < -0.39 is 33.1 Å². The first kappa shape index (κ1) is 23.1. The Kier molecular flexibility index (Phi) is 5.62. The van der Waals surface area contributed by atoms with E-state index in [0.717, 1.165) is 5.56 Å². The molecule has 1 aromatic carbocycles. The maximum atomic E-state index is 15.3. The van der Waals surface area contributed by atoms with Crippen LogP contribution in [0.15, 0.2) is 24.5 Å². The molecule has 1 fully saturated rings. The van der Waals surface area contributed by atoms with E-state index in [0.29, 0.717) is 41.1 Å². The predicted octanol–water partition coefficient (Wildman–Crippen LogP) is 3.25. The van der Waals surface area contributed by atoms with Gasteiger partial charge in [0.2, 0.25) is 5.88 Å². The molecule has 0 unspecified atom stereocenters. The van der Waals surface area contributed by atoms with Crippen molar-refractivity contribution in [2.45, 2.75) is 31.1 Å². The lowest BCUT2D eigenvalue weighted by Crippen LogP contribution is -2.42. The Morgan fingerprint density at radius 1 is 1.26 bits per heavy atom. The van der Waals surface area contributed by atoms with Gasteiger partial charge in [0.1, 0.15) is 24.2 Å². The normalized spacial score (nSPS) is 19.2. The van der Waals surface area contributed by atoms with Crippen LogP contribution in [0.4, 0.5) is 26.4 Å². The van der Waals surface area contributed by atoms with E-state index in [-0.39, 0.29) is 29.9 Å². The van der Waals surface area contributed by atoms with Gasteiger partial charge in [0.15, 0.2) is 15.7 Å². The van der Waals surface area contributed by atoms with Gasteiger partial charge >= 0.3 is 6.09 Å². The van der Waals surface area contributed by atoms with Crippen LogP contribution >= 0.6 is 0 Å². The Morgan fingerprint density at radius 2 is 2.03 bits per heavy atom. The van der Waals surface area contributed by atoms with Crippen molar-refractivity contribution in [1.82, 2.24) is 9.97 Å². The third kappa shape index (κ3) is 4.29. The van der Waals surface area contributed by atoms with Gasteiger partial charge in [0, 0.05) is 54.5 Å². The highest BCUT2D eigenvalue weighted by molar-refractivity contribution is 7.91. The monoisotopic (exact) mass is 501 g/mol. The van der Waals surface area contributed by atoms with Crippen molar-refractivity contribution in [2.75, 3.05) is 35.8 Å². The predicted molar refractivity (Wildman–Crippen MR) is 130 cm³/mol. The molecular formula is C23H24FN5O5S. The molecule has 35 heavy (non-hydrogen) atoms. The highest BCUT2D eigenvalue weighted by atomic mass is 32.2. The van der Waals surface area contributed by atoms with Gasteiger partial charge in [-0.15, -0.1) is 0 Å². The maximum absolute atomic E-state index is 15.3. The molecule has 1 amide bonds. The number of nitrogens with one attached hydrogen (secondary N) is 2. The summed E-state index contributed by atoms with van der Waals surface area (Å²) in [7, 11) is -3.14. The number of halogens is 1. The first-order chi connectivity index (χ1) is 16.6. The van der Waals surface area contributed by atoms with Crippen molar-refractivity contribution in [3.8, 4) is 17.0 Å². The van der Waals surface area contributed by atoms with Gasteiger partial charge in [-0.2, -0.15) is 0 Å². The summed E-state index contributed by atoms with van der Waals surface area (Å²) in [5.41, 5.74) is 8.33. The fourth-order valence-electron chi connectivity index (χ4n) is 4.30. The summed E-state index contributed by atoms with van der Waals surface area (Å²) in [6.45, 7) is 2.97. The van der Waals surface area contributed by atoms with Crippen LogP contribution in [0, 0.1) is 12.7 Å². The highest BCUT2D eigenvalue weighted by Gasteiger charge is 2.38. The van der Waals surface area contributed by atoms with E-state index in [2.05, 4.69) is 20.6 Å². The summed E-state index contributed by atoms with van der Waals surface area (Å²) in [5.74, 6) is 0.0652. The van der Waals surface area contributed by atoms with Crippen LogP contribution < -0.4 is 21.1 Å². The average Bonchev–Trinajstić information content (AvgIpc) is 2.78. The summed E-state index contributed by atoms with van der Waals surface area (Å²) < 4.78 is 49.1. The second-order valence-corrected chi connectivity index (χ2v) is 11.1.